The Balaban J connectivity index is 1.58. The molecule has 4 atom stereocenters. The predicted octanol–water partition coefficient (Wildman–Crippen LogP) is 6.58. The monoisotopic (exact) mass is 404 g/mol. The standard InChI is InChI=1S/C25H40O4/c1-20(11-8-9-16-22-14-6-5-7-15-22)12-10-13-21(2)17-24(3)19-25(4,29-28-24)18-23(26)27/h5-7,14-15,20-21H,8-13,16-19H2,1-4H3,(H,26,27)/t20-,21+,24+,25-/m0/s1. The number of rotatable bonds is 13. The lowest BCUT2D eigenvalue weighted by atomic mass is 9.81. The fraction of sp³-hybridized carbons (Fsp3) is 0.720. The molecule has 1 aliphatic heterocycles. The number of carbonyl (C=O) groups is 1. The van der Waals surface area contributed by atoms with Gasteiger partial charge < -0.3 is 5.11 Å². The van der Waals surface area contributed by atoms with Crippen molar-refractivity contribution in [2.45, 2.75) is 103 Å². The van der Waals surface area contributed by atoms with E-state index in [1.807, 2.05) is 13.8 Å². The van der Waals surface area contributed by atoms with Crippen LogP contribution in [0.4, 0.5) is 0 Å². The van der Waals surface area contributed by atoms with Gasteiger partial charge in [0.15, 0.2) is 0 Å². The Morgan fingerprint density at radius 1 is 0.966 bits per heavy atom. The molecule has 4 heteroatoms. The molecule has 1 heterocycles. The van der Waals surface area contributed by atoms with Gasteiger partial charge >= 0.3 is 5.97 Å². The quantitative estimate of drug-likeness (QED) is 0.298. The first-order chi connectivity index (χ1) is 13.7. The van der Waals surface area contributed by atoms with Gasteiger partial charge in [0.2, 0.25) is 0 Å². The third kappa shape index (κ3) is 8.88. The summed E-state index contributed by atoms with van der Waals surface area (Å²) in [7, 11) is 0. The molecule has 0 spiro atoms. The highest BCUT2D eigenvalue weighted by molar-refractivity contribution is 5.68. The minimum Gasteiger partial charge on any atom is -0.481 e. The first kappa shape index (κ1) is 23.9. The zero-order chi connectivity index (χ0) is 21.3. The Bertz CT molecular complexity index is 617. The smallest absolute Gasteiger partial charge is 0.306 e. The van der Waals surface area contributed by atoms with Crippen molar-refractivity contribution < 1.29 is 19.7 Å². The fourth-order valence-electron chi connectivity index (χ4n) is 4.83. The number of aryl methyl sites for hydroxylation is 1. The number of benzene rings is 1. The maximum absolute atomic E-state index is 11.0. The van der Waals surface area contributed by atoms with Crippen LogP contribution in [0.5, 0.6) is 0 Å². The Morgan fingerprint density at radius 3 is 2.28 bits per heavy atom. The van der Waals surface area contributed by atoms with E-state index >= 15 is 0 Å². The largest absolute Gasteiger partial charge is 0.481 e. The summed E-state index contributed by atoms with van der Waals surface area (Å²) in [4.78, 5) is 22.0. The minimum atomic E-state index is -0.842. The average molecular weight is 405 g/mol. The lowest BCUT2D eigenvalue weighted by molar-refractivity contribution is -0.346. The lowest BCUT2D eigenvalue weighted by Gasteiger charge is -2.25. The number of carboxylic acid groups (broad SMARTS) is 1. The highest BCUT2D eigenvalue weighted by Crippen LogP contribution is 2.42. The van der Waals surface area contributed by atoms with Crippen molar-refractivity contribution in [1.29, 1.82) is 0 Å². The Kier molecular flexibility index (Phi) is 9.16. The number of aliphatic carboxylic acids is 1. The van der Waals surface area contributed by atoms with E-state index in [1.54, 1.807) is 0 Å². The number of hydrogen-bond donors (Lipinski definition) is 1. The molecule has 164 valence electrons. The fourth-order valence-corrected chi connectivity index (χ4v) is 4.83. The summed E-state index contributed by atoms with van der Waals surface area (Å²) in [6.45, 7) is 8.52. The second-order valence-electron chi connectivity index (χ2n) is 9.89. The van der Waals surface area contributed by atoms with Gasteiger partial charge in [-0.3, -0.25) is 4.79 Å². The van der Waals surface area contributed by atoms with Crippen LogP contribution in [0, 0.1) is 11.8 Å². The van der Waals surface area contributed by atoms with Crippen molar-refractivity contribution in [3.05, 3.63) is 35.9 Å². The van der Waals surface area contributed by atoms with Crippen LogP contribution in [0.3, 0.4) is 0 Å². The second-order valence-corrected chi connectivity index (χ2v) is 9.89. The summed E-state index contributed by atoms with van der Waals surface area (Å²) in [6.07, 6.45) is 10.3. The van der Waals surface area contributed by atoms with Crippen molar-refractivity contribution in [1.82, 2.24) is 0 Å². The molecule has 0 aliphatic carbocycles. The Labute approximate surface area is 176 Å². The van der Waals surface area contributed by atoms with Crippen molar-refractivity contribution in [2.24, 2.45) is 11.8 Å². The Morgan fingerprint density at radius 2 is 1.59 bits per heavy atom. The molecule has 1 saturated heterocycles. The molecule has 4 nitrogen and oxygen atoms in total. The van der Waals surface area contributed by atoms with Gasteiger partial charge in [-0.15, -0.1) is 0 Å². The zero-order valence-electron chi connectivity index (χ0n) is 18.8. The minimum absolute atomic E-state index is 0.0151. The molecule has 1 fully saturated rings. The summed E-state index contributed by atoms with van der Waals surface area (Å²) in [5.74, 6) is 0.477. The van der Waals surface area contributed by atoms with E-state index in [0.717, 1.165) is 12.3 Å². The van der Waals surface area contributed by atoms with Crippen LogP contribution < -0.4 is 0 Å². The maximum atomic E-state index is 11.0. The van der Waals surface area contributed by atoms with Crippen molar-refractivity contribution in [2.75, 3.05) is 0 Å². The van der Waals surface area contributed by atoms with Crippen LogP contribution in [0.2, 0.25) is 0 Å². The molecule has 2 rings (SSSR count). The summed E-state index contributed by atoms with van der Waals surface area (Å²) < 4.78 is 0. The number of carboxylic acids is 1. The van der Waals surface area contributed by atoms with E-state index in [4.69, 9.17) is 14.9 Å². The topological polar surface area (TPSA) is 55.8 Å². The summed E-state index contributed by atoms with van der Waals surface area (Å²) >= 11 is 0. The highest BCUT2D eigenvalue weighted by Gasteiger charge is 2.47. The SMILES string of the molecule is C[C@@H](CCCCc1ccccc1)CCC[C@@H](C)C[C@]1(C)C[C@](C)(CC(=O)O)OO1. The van der Waals surface area contributed by atoms with Gasteiger partial charge in [-0.1, -0.05) is 76.3 Å². The summed E-state index contributed by atoms with van der Waals surface area (Å²) in [5.41, 5.74) is 0.348. The number of hydrogen-bond acceptors (Lipinski definition) is 3. The van der Waals surface area contributed by atoms with Gasteiger partial charge in [0.25, 0.3) is 0 Å². The van der Waals surface area contributed by atoms with Gasteiger partial charge in [0.1, 0.15) is 11.2 Å². The molecule has 29 heavy (non-hydrogen) atoms. The van der Waals surface area contributed by atoms with E-state index in [9.17, 15) is 4.79 Å². The zero-order valence-corrected chi connectivity index (χ0v) is 18.8. The molecular weight excluding hydrogens is 364 g/mol. The van der Waals surface area contributed by atoms with Crippen molar-refractivity contribution >= 4 is 5.97 Å². The van der Waals surface area contributed by atoms with Crippen LogP contribution in [0.25, 0.3) is 0 Å². The van der Waals surface area contributed by atoms with E-state index in [0.29, 0.717) is 12.3 Å². The van der Waals surface area contributed by atoms with E-state index < -0.39 is 11.6 Å². The van der Waals surface area contributed by atoms with Crippen LogP contribution >= 0.6 is 0 Å². The molecule has 0 saturated carbocycles. The summed E-state index contributed by atoms with van der Waals surface area (Å²) in [5, 5.41) is 9.06. The molecule has 1 aromatic carbocycles. The van der Waals surface area contributed by atoms with E-state index in [-0.39, 0.29) is 12.0 Å². The van der Waals surface area contributed by atoms with Gasteiger partial charge in [0.05, 0.1) is 6.42 Å². The van der Waals surface area contributed by atoms with E-state index in [2.05, 4.69) is 44.2 Å². The normalized spacial score (nSPS) is 26.3. The van der Waals surface area contributed by atoms with Gasteiger partial charge in [-0.05, 0) is 50.5 Å². The van der Waals surface area contributed by atoms with E-state index in [1.165, 1.54) is 50.5 Å². The van der Waals surface area contributed by atoms with Crippen LogP contribution in [-0.2, 0) is 21.0 Å². The van der Waals surface area contributed by atoms with Crippen LogP contribution in [0.1, 0.15) is 91.0 Å². The van der Waals surface area contributed by atoms with Crippen LogP contribution in [0.15, 0.2) is 30.3 Å². The third-order valence-corrected chi connectivity index (χ3v) is 6.15. The average Bonchev–Trinajstić information content (AvgIpc) is 2.93. The third-order valence-electron chi connectivity index (χ3n) is 6.15. The lowest BCUT2D eigenvalue weighted by Crippen LogP contribution is -2.31. The highest BCUT2D eigenvalue weighted by atomic mass is 17.2. The van der Waals surface area contributed by atoms with Crippen LogP contribution in [-0.4, -0.2) is 22.3 Å². The molecule has 1 aromatic rings. The molecular formula is C25H40O4. The predicted molar refractivity (Wildman–Crippen MR) is 117 cm³/mol. The molecule has 0 amide bonds. The maximum Gasteiger partial charge on any atom is 0.306 e. The molecule has 1 aliphatic rings. The van der Waals surface area contributed by atoms with Crippen molar-refractivity contribution in [3.8, 4) is 0 Å². The summed E-state index contributed by atoms with van der Waals surface area (Å²) in [6, 6.07) is 10.8. The molecule has 0 bridgehead atoms. The van der Waals surface area contributed by atoms with Gasteiger partial charge in [0, 0.05) is 6.42 Å². The molecule has 0 unspecified atom stereocenters. The first-order valence-electron chi connectivity index (χ1n) is 11.3. The first-order valence-corrected chi connectivity index (χ1v) is 11.3. The molecule has 0 radical (unpaired) electrons. The van der Waals surface area contributed by atoms with Gasteiger partial charge in [-0.25, -0.2) is 9.78 Å². The van der Waals surface area contributed by atoms with Crippen molar-refractivity contribution in [3.63, 3.8) is 0 Å². The van der Waals surface area contributed by atoms with Gasteiger partial charge in [-0.2, -0.15) is 0 Å². The molecule has 0 aromatic heterocycles. The molecule has 1 N–H and O–H groups in total. The number of unbranched alkanes of at least 4 members (excludes halogenated alkanes) is 1. The Hall–Kier alpha value is -1.39. The second kappa shape index (κ2) is 11.1.